The van der Waals surface area contributed by atoms with Crippen LogP contribution in [0.5, 0.6) is 0 Å². The van der Waals surface area contributed by atoms with E-state index in [0.29, 0.717) is 6.54 Å². The number of nitrogens with zero attached hydrogens (tertiary/aromatic N) is 2. The lowest BCUT2D eigenvalue weighted by molar-refractivity contribution is -0.139. The molecule has 0 aliphatic rings. The minimum atomic E-state index is -0.268. The smallest absolute Gasteiger partial charge is 0.319 e. The van der Waals surface area contributed by atoms with Crippen molar-refractivity contribution in [3.8, 4) is 0 Å². The monoisotopic (exact) mass is 289 g/mol. The maximum Gasteiger partial charge on any atom is 0.319 e. The number of ether oxygens (including phenoxy) is 1. The molecular formula is C10H16BrN3O2. The highest BCUT2D eigenvalue weighted by Crippen LogP contribution is 2.20. The first-order chi connectivity index (χ1) is 7.60. The Bertz CT molecular complexity index is 376. The molecule has 1 heterocycles. The number of nitrogens with one attached hydrogen (secondary N) is 1. The van der Waals surface area contributed by atoms with Crippen LogP contribution in [0.25, 0.3) is 0 Å². The molecule has 0 aromatic carbocycles. The van der Waals surface area contributed by atoms with E-state index >= 15 is 0 Å². The molecule has 0 radical (unpaired) electrons. The summed E-state index contributed by atoms with van der Waals surface area (Å²) in [7, 11) is 1.38. The van der Waals surface area contributed by atoms with Crippen molar-refractivity contribution in [2.75, 3.05) is 13.7 Å². The zero-order valence-electron chi connectivity index (χ0n) is 9.71. The fourth-order valence-corrected chi connectivity index (χ4v) is 1.82. The Morgan fingerprint density at radius 2 is 2.31 bits per heavy atom. The molecule has 16 heavy (non-hydrogen) atoms. The van der Waals surface area contributed by atoms with Crippen molar-refractivity contribution in [1.29, 1.82) is 0 Å². The highest BCUT2D eigenvalue weighted by Gasteiger charge is 2.11. The second-order valence-electron chi connectivity index (χ2n) is 3.34. The predicted molar refractivity (Wildman–Crippen MR) is 64.1 cm³/mol. The summed E-state index contributed by atoms with van der Waals surface area (Å²) >= 11 is 3.49. The Balaban J connectivity index is 2.62. The van der Waals surface area contributed by atoms with Gasteiger partial charge in [-0.2, -0.15) is 5.10 Å². The summed E-state index contributed by atoms with van der Waals surface area (Å²) in [6.45, 7) is 5.58. The molecule has 1 aromatic rings. The first-order valence-corrected chi connectivity index (χ1v) is 5.88. The van der Waals surface area contributed by atoms with Crippen molar-refractivity contribution in [1.82, 2.24) is 15.1 Å². The summed E-state index contributed by atoms with van der Waals surface area (Å²) in [4.78, 5) is 10.9. The summed E-state index contributed by atoms with van der Waals surface area (Å²) in [5.74, 6) is -0.268. The van der Waals surface area contributed by atoms with Gasteiger partial charge < -0.3 is 10.1 Å². The SMILES string of the molecule is CCn1nc(C)c(Br)c1CNCC(=O)OC. The lowest BCUT2D eigenvalue weighted by atomic mass is 10.3. The third-order valence-corrected chi connectivity index (χ3v) is 3.27. The van der Waals surface area contributed by atoms with Gasteiger partial charge in [-0.3, -0.25) is 9.48 Å². The molecule has 1 rings (SSSR count). The van der Waals surface area contributed by atoms with Gasteiger partial charge in [-0.15, -0.1) is 0 Å². The van der Waals surface area contributed by atoms with Crippen LogP contribution >= 0.6 is 15.9 Å². The largest absolute Gasteiger partial charge is 0.468 e. The van der Waals surface area contributed by atoms with Gasteiger partial charge in [0.2, 0.25) is 0 Å². The molecule has 0 spiro atoms. The number of carbonyl (C=O) groups excluding carboxylic acids is 1. The van der Waals surface area contributed by atoms with Crippen LogP contribution in [-0.4, -0.2) is 29.4 Å². The lowest BCUT2D eigenvalue weighted by Crippen LogP contribution is -2.24. The van der Waals surface area contributed by atoms with Crippen LogP contribution in [0, 0.1) is 6.92 Å². The lowest BCUT2D eigenvalue weighted by Gasteiger charge is -2.06. The van der Waals surface area contributed by atoms with E-state index in [1.165, 1.54) is 7.11 Å². The zero-order chi connectivity index (χ0) is 12.1. The van der Waals surface area contributed by atoms with Gasteiger partial charge in [0.15, 0.2) is 0 Å². The Labute approximate surface area is 103 Å². The van der Waals surface area contributed by atoms with Gasteiger partial charge in [-0.05, 0) is 29.8 Å². The van der Waals surface area contributed by atoms with Crippen molar-refractivity contribution in [2.45, 2.75) is 26.9 Å². The zero-order valence-corrected chi connectivity index (χ0v) is 11.3. The average Bonchev–Trinajstić information content (AvgIpc) is 2.56. The van der Waals surface area contributed by atoms with Crippen molar-refractivity contribution in [2.24, 2.45) is 0 Å². The fraction of sp³-hybridized carbons (Fsp3) is 0.600. The van der Waals surface area contributed by atoms with Crippen LogP contribution < -0.4 is 5.32 Å². The van der Waals surface area contributed by atoms with Crippen LogP contribution in [0.2, 0.25) is 0 Å². The van der Waals surface area contributed by atoms with E-state index in [1.807, 2.05) is 18.5 Å². The first-order valence-electron chi connectivity index (χ1n) is 5.09. The summed E-state index contributed by atoms with van der Waals surface area (Å²) < 4.78 is 7.44. The van der Waals surface area contributed by atoms with Crippen molar-refractivity contribution < 1.29 is 9.53 Å². The topological polar surface area (TPSA) is 56.2 Å². The number of esters is 1. The molecular weight excluding hydrogens is 274 g/mol. The van der Waals surface area contributed by atoms with Gasteiger partial charge >= 0.3 is 5.97 Å². The average molecular weight is 290 g/mol. The molecule has 6 heteroatoms. The third kappa shape index (κ3) is 3.05. The second kappa shape index (κ2) is 6.00. The van der Waals surface area contributed by atoms with Crippen LogP contribution in [0.1, 0.15) is 18.3 Å². The number of aryl methyl sites for hydroxylation is 2. The first kappa shape index (κ1) is 13.2. The quantitative estimate of drug-likeness (QED) is 0.829. The van der Waals surface area contributed by atoms with Gasteiger partial charge in [0.05, 0.1) is 29.5 Å². The second-order valence-corrected chi connectivity index (χ2v) is 4.13. The number of halogens is 1. The van der Waals surface area contributed by atoms with Gasteiger partial charge in [0, 0.05) is 13.1 Å². The van der Waals surface area contributed by atoms with Gasteiger partial charge in [0.25, 0.3) is 0 Å². The fourth-order valence-electron chi connectivity index (χ4n) is 1.39. The van der Waals surface area contributed by atoms with E-state index < -0.39 is 0 Å². The molecule has 0 unspecified atom stereocenters. The Hall–Kier alpha value is -0.880. The molecule has 0 aliphatic heterocycles. The van der Waals surface area contributed by atoms with Gasteiger partial charge in [0.1, 0.15) is 0 Å². The van der Waals surface area contributed by atoms with Crippen LogP contribution in [-0.2, 0) is 22.6 Å². The summed E-state index contributed by atoms with van der Waals surface area (Å²) in [6.07, 6.45) is 0. The maximum atomic E-state index is 10.9. The molecule has 0 fully saturated rings. The van der Waals surface area contributed by atoms with E-state index in [2.05, 4.69) is 31.1 Å². The number of carbonyl (C=O) groups is 1. The predicted octanol–water partition coefficient (Wildman–Crippen LogP) is 1.24. The van der Waals surface area contributed by atoms with E-state index in [-0.39, 0.29) is 12.5 Å². The number of rotatable bonds is 5. The number of aromatic nitrogens is 2. The van der Waals surface area contributed by atoms with Gasteiger partial charge in [-0.25, -0.2) is 0 Å². The number of hydrogen-bond donors (Lipinski definition) is 1. The number of hydrogen-bond acceptors (Lipinski definition) is 4. The van der Waals surface area contributed by atoms with Crippen LogP contribution in [0.4, 0.5) is 0 Å². The van der Waals surface area contributed by atoms with Crippen LogP contribution in [0.3, 0.4) is 0 Å². The summed E-state index contributed by atoms with van der Waals surface area (Å²) in [5.41, 5.74) is 2.00. The molecule has 0 atom stereocenters. The van der Waals surface area contributed by atoms with E-state index in [9.17, 15) is 4.79 Å². The minimum Gasteiger partial charge on any atom is -0.468 e. The summed E-state index contributed by atoms with van der Waals surface area (Å²) in [5, 5.41) is 7.38. The van der Waals surface area contributed by atoms with Crippen molar-refractivity contribution in [3.63, 3.8) is 0 Å². The van der Waals surface area contributed by atoms with Crippen molar-refractivity contribution >= 4 is 21.9 Å². The molecule has 5 nitrogen and oxygen atoms in total. The Kier molecular flexibility index (Phi) is 4.95. The Morgan fingerprint density at radius 3 is 2.88 bits per heavy atom. The molecule has 0 aliphatic carbocycles. The van der Waals surface area contributed by atoms with Crippen molar-refractivity contribution in [3.05, 3.63) is 15.9 Å². The molecule has 0 saturated heterocycles. The minimum absolute atomic E-state index is 0.205. The maximum absolute atomic E-state index is 10.9. The van der Waals surface area contributed by atoms with E-state index in [4.69, 9.17) is 0 Å². The van der Waals surface area contributed by atoms with E-state index in [1.54, 1.807) is 0 Å². The standard InChI is InChI=1S/C10H16BrN3O2/c1-4-14-8(10(11)7(2)13-14)5-12-6-9(15)16-3/h12H,4-6H2,1-3H3. The number of methoxy groups -OCH3 is 1. The third-order valence-electron chi connectivity index (χ3n) is 2.24. The normalized spacial score (nSPS) is 10.5. The molecule has 0 saturated carbocycles. The molecule has 90 valence electrons. The molecule has 0 amide bonds. The highest BCUT2D eigenvalue weighted by atomic mass is 79.9. The van der Waals surface area contributed by atoms with Crippen LogP contribution in [0.15, 0.2) is 4.47 Å². The molecule has 1 aromatic heterocycles. The Morgan fingerprint density at radius 1 is 1.62 bits per heavy atom. The van der Waals surface area contributed by atoms with Gasteiger partial charge in [-0.1, -0.05) is 0 Å². The molecule has 1 N–H and O–H groups in total. The highest BCUT2D eigenvalue weighted by molar-refractivity contribution is 9.10. The summed E-state index contributed by atoms with van der Waals surface area (Å²) in [6, 6.07) is 0. The van der Waals surface area contributed by atoms with E-state index in [0.717, 1.165) is 22.4 Å². The molecule has 0 bridgehead atoms.